The van der Waals surface area contributed by atoms with Crippen LogP contribution >= 0.6 is 11.6 Å². The van der Waals surface area contributed by atoms with E-state index >= 15 is 0 Å². The maximum atomic E-state index is 13.2. The molecule has 2 aliphatic rings. The van der Waals surface area contributed by atoms with Crippen LogP contribution in [0.5, 0.6) is 5.75 Å². The Morgan fingerprint density at radius 1 is 1.03 bits per heavy atom. The van der Waals surface area contributed by atoms with Gasteiger partial charge in [0.2, 0.25) is 15.9 Å². The highest BCUT2D eigenvalue weighted by Gasteiger charge is 2.42. The fourth-order valence-electron chi connectivity index (χ4n) is 5.07. The number of hydrogen-bond acceptors (Lipinski definition) is 4. The van der Waals surface area contributed by atoms with Crippen LogP contribution in [0.2, 0.25) is 5.02 Å². The Hall–Kier alpha value is -2.30. The summed E-state index contributed by atoms with van der Waals surface area (Å²) >= 11 is 6.13. The lowest BCUT2D eigenvalue weighted by Crippen LogP contribution is -2.48. The van der Waals surface area contributed by atoms with Crippen molar-refractivity contribution in [3.05, 3.63) is 58.6 Å². The number of piperidine rings is 2. The van der Waals surface area contributed by atoms with E-state index in [1.165, 1.54) is 10.4 Å². The molecular formula is C27H32ClF3N2O4S. The first-order chi connectivity index (χ1) is 17.9. The molecule has 1 amide bonds. The lowest BCUT2D eigenvalue weighted by molar-refractivity contribution is -0.138. The predicted molar refractivity (Wildman–Crippen MR) is 139 cm³/mol. The SMILES string of the molecule is Cc1cc(OCC2(CC(=O)N3CCCCC3)CCN(S(=O)(=O)c3cccc(C(F)(F)F)c3)CC2)ccc1Cl. The van der Waals surface area contributed by atoms with Gasteiger partial charge in [-0.3, -0.25) is 4.79 Å². The third kappa shape index (κ3) is 6.63. The minimum absolute atomic E-state index is 0.0229. The maximum absolute atomic E-state index is 13.2. The zero-order valence-corrected chi connectivity index (χ0v) is 22.8. The maximum Gasteiger partial charge on any atom is 0.416 e. The molecule has 0 aromatic heterocycles. The van der Waals surface area contributed by atoms with Gasteiger partial charge in [-0.25, -0.2) is 8.42 Å². The summed E-state index contributed by atoms with van der Waals surface area (Å²) in [5.41, 5.74) is -0.768. The third-order valence-electron chi connectivity index (χ3n) is 7.49. The zero-order valence-electron chi connectivity index (χ0n) is 21.3. The minimum Gasteiger partial charge on any atom is -0.493 e. The van der Waals surface area contributed by atoms with Gasteiger partial charge in [0, 0.05) is 43.0 Å². The fraction of sp³-hybridized carbons (Fsp3) is 0.519. The predicted octanol–water partition coefficient (Wildman–Crippen LogP) is 5.92. The summed E-state index contributed by atoms with van der Waals surface area (Å²) in [5.74, 6) is 0.630. The van der Waals surface area contributed by atoms with Gasteiger partial charge in [-0.2, -0.15) is 17.5 Å². The van der Waals surface area contributed by atoms with Gasteiger partial charge in [-0.05, 0) is 81.0 Å². The number of rotatable bonds is 7. The van der Waals surface area contributed by atoms with Gasteiger partial charge in [0.25, 0.3) is 0 Å². The van der Waals surface area contributed by atoms with Crippen LogP contribution in [0.4, 0.5) is 13.2 Å². The largest absolute Gasteiger partial charge is 0.493 e. The van der Waals surface area contributed by atoms with Crippen molar-refractivity contribution in [1.82, 2.24) is 9.21 Å². The molecular weight excluding hydrogens is 541 g/mol. The normalized spacial score (nSPS) is 18.8. The second kappa shape index (κ2) is 11.4. The summed E-state index contributed by atoms with van der Waals surface area (Å²) in [6.07, 6.45) is -0.721. The number of carbonyl (C=O) groups is 1. The Morgan fingerprint density at radius 3 is 2.34 bits per heavy atom. The lowest BCUT2D eigenvalue weighted by atomic mass is 9.76. The van der Waals surface area contributed by atoms with Gasteiger partial charge in [0.05, 0.1) is 17.1 Å². The Bertz CT molecular complexity index is 1260. The molecule has 6 nitrogen and oxygen atoms in total. The molecule has 2 aliphatic heterocycles. The van der Waals surface area contributed by atoms with Gasteiger partial charge in [-0.1, -0.05) is 17.7 Å². The molecule has 0 N–H and O–H groups in total. The van der Waals surface area contributed by atoms with Crippen molar-refractivity contribution in [3.63, 3.8) is 0 Å². The number of amides is 1. The van der Waals surface area contributed by atoms with Gasteiger partial charge in [0.15, 0.2) is 0 Å². The number of carbonyl (C=O) groups excluding carboxylic acids is 1. The van der Waals surface area contributed by atoms with Crippen LogP contribution in [-0.4, -0.2) is 56.3 Å². The first-order valence-electron chi connectivity index (χ1n) is 12.7. The van der Waals surface area contributed by atoms with Crippen LogP contribution in [0.25, 0.3) is 0 Å². The average molecular weight is 573 g/mol. The Balaban J connectivity index is 1.52. The van der Waals surface area contributed by atoms with Crippen LogP contribution in [0, 0.1) is 12.3 Å². The number of halogens is 4. The summed E-state index contributed by atoms with van der Waals surface area (Å²) in [6.45, 7) is 3.65. The van der Waals surface area contributed by atoms with E-state index in [2.05, 4.69) is 0 Å². The number of nitrogens with zero attached hydrogens (tertiary/aromatic N) is 2. The van der Waals surface area contributed by atoms with Crippen LogP contribution in [0.1, 0.15) is 49.7 Å². The van der Waals surface area contributed by atoms with Crippen molar-refractivity contribution in [1.29, 1.82) is 0 Å². The standard InChI is InChI=1S/C27H32ClF3N2O4S/c1-20-16-22(8-9-24(20)28)37-19-26(18-25(34)32-12-3-2-4-13-32)10-14-33(15-11-26)38(35,36)23-7-5-6-21(17-23)27(29,30)31/h5-9,16-17H,2-4,10-15,18-19H2,1H3. The summed E-state index contributed by atoms with van der Waals surface area (Å²) in [5, 5.41) is 0.612. The van der Waals surface area contributed by atoms with Crippen molar-refractivity contribution >= 4 is 27.5 Å². The first-order valence-corrected chi connectivity index (χ1v) is 14.6. The fourth-order valence-corrected chi connectivity index (χ4v) is 6.68. The zero-order chi connectivity index (χ0) is 27.6. The molecule has 2 aromatic carbocycles. The van der Waals surface area contributed by atoms with E-state index in [9.17, 15) is 26.4 Å². The van der Waals surface area contributed by atoms with Crippen LogP contribution < -0.4 is 4.74 Å². The molecule has 0 bridgehead atoms. The number of sulfonamides is 1. The highest BCUT2D eigenvalue weighted by atomic mass is 35.5. The van der Waals surface area contributed by atoms with Crippen molar-refractivity contribution in [2.24, 2.45) is 5.41 Å². The molecule has 0 unspecified atom stereocenters. The monoisotopic (exact) mass is 572 g/mol. The molecule has 38 heavy (non-hydrogen) atoms. The summed E-state index contributed by atoms with van der Waals surface area (Å²) in [7, 11) is -4.14. The summed E-state index contributed by atoms with van der Waals surface area (Å²) < 4.78 is 73.3. The summed E-state index contributed by atoms with van der Waals surface area (Å²) in [4.78, 5) is 14.7. The van der Waals surface area contributed by atoms with E-state index in [0.717, 1.165) is 37.0 Å². The summed E-state index contributed by atoms with van der Waals surface area (Å²) in [6, 6.07) is 9.10. The van der Waals surface area contributed by atoms with Crippen LogP contribution in [-0.2, 0) is 21.0 Å². The first kappa shape index (κ1) is 28.7. The van der Waals surface area contributed by atoms with Crippen molar-refractivity contribution < 1.29 is 31.1 Å². The second-order valence-corrected chi connectivity index (χ2v) is 12.6. The van der Waals surface area contributed by atoms with E-state index in [1.807, 2.05) is 17.9 Å². The molecule has 4 rings (SSSR count). The topological polar surface area (TPSA) is 66.9 Å². The van der Waals surface area contributed by atoms with Crippen molar-refractivity contribution in [3.8, 4) is 5.75 Å². The smallest absolute Gasteiger partial charge is 0.416 e. The van der Waals surface area contributed by atoms with Crippen molar-refractivity contribution in [2.45, 2.75) is 56.5 Å². The molecule has 0 radical (unpaired) electrons. The van der Waals surface area contributed by atoms with Gasteiger partial charge >= 0.3 is 6.18 Å². The number of benzene rings is 2. The molecule has 208 valence electrons. The third-order valence-corrected chi connectivity index (χ3v) is 9.81. The van der Waals surface area contributed by atoms with E-state index < -0.39 is 32.1 Å². The highest BCUT2D eigenvalue weighted by Crippen LogP contribution is 2.39. The molecule has 2 aromatic rings. The number of alkyl halides is 3. The number of ether oxygens (including phenoxy) is 1. The molecule has 2 fully saturated rings. The lowest BCUT2D eigenvalue weighted by Gasteiger charge is -2.42. The molecule has 0 atom stereocenters. The minimum atomic E-state index is -4.64. The van der Waals surface area contributed by atoms with Gasteiger partial charge in [-0.15, -0.1) is 0 Å². The van der Waals surface area contributed by atoms with Crippen LogP contribution in [0.15, 0.2) is 47.4 Å². The number of hydrogen-bond donors (Lipinski definition) is 0. The number of likely N-dealkylation sites (tertiary alicyclic amines) is 1. The number of aryl methyl sites for hydroxylation is 1. The van der Waals surface area contributed by atoms with E-state index in [0.29, 0.717) is 42.8 Å². The Labute approximate surface area is 226 Å². The van der Waals surface area contributed by atoms with Crippen LogP contribution in [0.3, 0.4) is 0 Å². The second-order valence-electron chi connectivity index (χ2n) is 10.2. The molecule has 2 saturated heterocycles. The quantitative estimate of drug-likeness (QED) is 0.413. The molecule has 0 saturated carbocycles. The van der Waals surface area contributed by atoms with Gasteiger partial charge < -0.3 is 9.64 Å². The molecule has 2 heterocycles. The van der Waals surface area contributed by atoms with E-state index in [1.54, 1.807) is 12.1 Å². The molecule has 0 spiro atoms. The van der Waals surface area contributed by atoms with E-state index in [-0.39, 0.29) is 32.0 Å². The van der Waals surface area contributed by atoms with Gasteiger partial charge in [0.1, 0.15) is 5.75 Å². The average Bonchev–Trinajstić information content (AvgIpc) is 2.90. The Kier molecular flexibility index (Phi) is 8.64. The van der Waals surface area contributed by atoms with E-state index in [4.69, 9.17) is 16.3 Å². The molecule has 11 heteroatoms. The molecule has 0 aliphatic carbocycles. The van der Waals surface area contributed by atoms with Crippen molar-refractivity contribution in [2.75, 3.05) is 32.8 Å². The highest BCUT2D eigenvalue weighted by molar-refractivity contribution is 7.89. The Morgan fingerprint density at radius 2 is 1.71 bits per heavy atom.